The summed E-state index contributed by atoms with van der Waals surface area (Å²) >= 11 is 0. The molecule has 1 atom stereocenters. The van der Waals surface area contributed by atoms with Gasteiger partial charge in [-0.2, -0.15) is 0 Å². The highest BCUT2D eigenvalue weighted by Gasteiger charge is 2.54. The third kappa shape index (κ3) is 8.86. The van der Waals surface area contributed by atoms with Crippen LogP contribution < -0.4 is 9.80 Å². The molecule has 24 rings (SSSR count). The van der Waals surface area contributed by atoms with Crippen LogP contribution in [0.3, 0.4) is 0 Å². The maximum Gasteiger partial charge on any atom is 0.0726 e. The van der Waals surface area contributed by atoms with Gasteiger partial charge in [-0.05, 0) is 262 Å². The molecule has 1 unspecified atom stereocenters. The molecule has 0 fully saturated rings. The minimum absolute atomic E-state index is 0.132. The van der Waals surface area contributed by atoms with Crippen LogP contribution in [0.15, 0.2) is 394 Å². The molecule has 0 heterocycles. The van der Waals surface area contributed by atoms with Gasteiger partial charge in [0.1, 0.15) is 0 Å². The van der Waals surface area contributed by atoms with Crippen LogP contribution in [0.2, 0.25) is 0 Å². The Labute approximate surface area is 665 Å². The maximum atomic E-state index is 2.54. The summed E-state index contributed by atoms with van der Waals surface area (Å²) in [4.78, 5) is 5.06. The molecule has 18 aromatic rings. The highest BCUT2D eigenvalue weighted by Crippen LogP contribution is 2.66. The Balaban J connectivity index is 0.627. The monoisotopic (exact) mass is 1450 g/mol. The molecule has 6 aliphatic rings. The highest BCUT2D eigenvalue weighted by molar-refractivity contribution is 6.10. The first-order valence-corrected chi connectivity index (χ1v) is 40.3. The molecule has 114 heavy (non-hydrogen) atoms. The van der Waals surface area contributed by atoms with E-state index in [1.807, 2.05) is 0 Å². The first-order chi connectivity index (χ1) is 56.1. The van der Waals surface area contributed by atoms with Crippen LogP contribution in [-0.2, 0) is 28.1 Å². The molecular formula is C112H76N2. The smallest absolute Gasteiger partial charge is 0.0726 e. The van der Waals surface area contributed by atoms with Gasteiger partial charge >= 0.3 is 0 Å². The fraction of sp³-hybridized carbons (Fsp3) is 0.0714. The molecule has 18 aromatic carbocycles. The van der Waals surface area contributed by atoms with E-state index < -0.39 is 10.8 Å². The Morgan fingerprint density at radius 2 is 0.518 bits per heavy atom. The van der Waals surface area contributed by atoms with E-state index in [9.17, 15) is 0 Å². The van der Waals surface area contributed by atoms with Gasteiger partial charge < -0.3 is 9.80 Å². The molecule has 0 N–H and O–H groups in total. The van der Waals surface area contributed by atoms with E-state index in [1.165, 1.54) is 177 Å². The van der Waals surface area contributed by atoms with Gasteiger partial charge in [0.2, 0.25) is 0 Å². The van der Waals surface area contributed by atoms with Crippen molar-refractivity contribution in [2.75, 3.05) is 9.80 Å². The second kappa shape index (κ2) is 24.0. The lowest BCUT2D eigenvalue weighted by atomic mass is 9.70. The molecule has 534 valence electrons. The first kappa shape index (κ1) is 64.9. The number of fused-ring (bicyclic) bond motifs is 29. The normalized spacial score (nSPS) is 15.4. The van der Waals surface area contributed by atoms with Gasteiger partial charge in [0.05, 0.1) is 10.8 Å². The minimum Gasteiger partial charge on any atom is -0.310 e. The molecule has 0 radical (unpaired) electrons. The number of benzene rings is 18. The van der Waals surface area contributed by atoms with E-state index >= 15 is 0 Å². The Morgan fingerprint density at radius 3 is 1.04 bits per heavy atom. The van der Waals surface area contributed by atoms with Crippen molar-refractivity contribution in [1.29, 1.82) is 0 Å². The fourth-order valence-corrected chi connectivity index (χ4v) is 22.2. The summed E-state index contributed by atoms with van der Waals surface area (Å²) in [7, 11) is 0. The van der Waals surface area contributed by atoms with Crippen LogP contribution in [-0.4, -0.2) is 0 Å². The average Bonchev–Trinajstić information content (AvgIpc) is 1.51. The van der Waals surface area contributed by atoms with Crippen molar-refractivity contribution in [1.82, 2.24) is 0 Å². The predicted octanol–water partition coefficient (Wildman–Crippen LogP) is 28.8. The lowest BCUT2D eigenvalue weighted by molar-refractivity contribution is 0.583. The second-order valence-corrected chi connectivity index (χ2v) is 33.1. The van der Waals surface area contributed by atoms with Crippen LogP contribution in [0.1, 0.15) is 93.1 Å². The molecule has 0 saturated heterocycles. The fourth-order valence-electron chi connectivity index (χ4n) is 22.2. The lowest BCUT2D eigenvalue weighted by Crippen LogP contribution is -2.26. The topological polar surface area (TPSA) is 6.48 Å². The molecular weight excluding hydrogens is 1370 g/mol. The van der Waals surface area contributed by atoms with Gasteiger partial charge in [-0.15, -0.1) is 0 Å². The number of nitrogens with zero attached hydrogens (tertiary/aromatic N) is 2. The standard InChI is InChI=1S/C112H76N2/c1-109(2)97-37-17-9-35-89(97)95-65-77(56-61-98(95)109)113(79-54-59-91-87-33-15-23-43-105(87)111(107(91)67-79)101-39-19-11-29-83(101)84-30-12-20-40-102(84)111)75-51-48-73(49-52-75)82-58-45-70(63-93(82)71-25-5-4-6-26-71)69-110(3)99-38-18-10-36-90(99)96-66-78(57-62-100(96)110)114(76-53-50-74-47-46-72-27-7-8-28-81(72)94(74)64-76)80-55-60-92-88-34-16-24-44-106(88)112(108(92)68-80)103-41-21-13-31-85(103)86-32-14-22-42-104(86)112/h4-68H,69H2,1-3H3. The molecule has 0 bridgehead atoms. The zero-order chi connectivity index (χ0) is 75.3. The van der Waals surface area contributed by atoms with E-state index in [2.05, 4.69) is 425 Å². The van der Waals surface area contributed by atoms with E-state index in [4.69, 9.17) is 0 Å². The van der Waals surface area contributed by atoms with Crippen LogP contribution in [0.4, 0.5) is 34.1 Å². The largest absolute Gasteiger partial charge is 0.310 e. The van der Waals surface area contributed by atoms with E-state index in [-0.39, 0.29) is 10.8 Å². The summed E-state index contributed by atoms with van der Waals surface area (Å²) in [5.41, 5.74) is 42.8. The lowest BCUT2D eigenvalue weighted by Gasteiger charge is -2.32. The van der Waals surface area contributed by atoms with Gasteiger partial charge in [-0.3, -0.25) is 0 Å². The molecule has 2 heteroatoms. The summed E-state index contributed by atoms with van der Waals surface area (Å²) in [5.74, 6) is 0. The van der Waals surface area contributed by atoms with Crippen molar-refractivity contribution in [2.45, 2.75) is 48.9 Å². The molecule has 0 aliphatic heterocycles. The summed E-state index contributed by atoms with van der Waals surface area (Å²) in [6.07, 6.45) is 0.801. The highest BCUT2D eigenvalue weighted by atomic mass is 15.1. The average molecular weight is 1450 g/mol. The number of anilines is 6. The summed E-state index contributed by atoms with van der Waals surface area (Å²) < 4.78 is 0. The van der Waals surface area contributed by atoms with Gasteiger partial charge in [0.15, 0.2) is 0 Å². The molecule has 0 saturated carbocycles. The van der Waals surface area contributed by atoms with Crippen LogP contribution in [0, 0.1) is 0 Å². The third-order valence-electron chi connectivity index (χ3n) is 27.1. The Kier molecular flexibility index (Phi) is 13.7. The summed E-state index contributed by atoms with van der Waals surface area (Å²) in [6, 6.07) is 151. The van der Waals surface area contributed by atoms with E-state index in [1.54, 1.807) is 0 Å². The van der Waals surface area contributed by atoms with Crippen LogP contribution >= 0.6 is 0 Å². The summed E-state index contributed by atoms with van der Waals surface area (Å²) in [5, 5.41) is 4.94. The zero-order valence-corrected chi connectivity index (χ0v) is 63.6. The number of hydrogen-bond donors (Lipinski definition) is 0. The van der Waals surface area contributed by atoms with Crippen LogP contribution in [0.25, 0.3) is 111 Å². The number of hydrogen-bond acceptors (Lipinski definition) is 2. The molecule has 0 aromatic heterocycles. The van der Waals surface area contributed by atoms with Crippen molar-refractivity contribution >= 4 is 55.7 Å². The molecule has 0 amide bonds. The first-order valence-electron chi connectivity index (χ1n) is 40.3. The van der Waals surface area contributed by atoms with E-state index in [0.29, 0.717) is 0 Å². The van der Waals surface area contributed by atoms with Gasteiger partial charge in [0, 0.05) is 45.0 Å². The third-order valence-corrected chi connectivity index (χ3v) is 27.1. The van der Waals surface area contributed by atoms with Gasteiger partial charge in [0.25, 0.3) is 0 Å². The quantitative estimate of drug-likeness (QED) is 0.126. The Morgan fingerprint density at radius 1 is 0.193 bits per heavy atom. The maximum absolute atomic E-state index is 2.54. The van der Waals surface area contributed by atoms with E-state index in [0.717, 1.165) is 46.1 Å². The zero-order valence-electron chi connectivity index (χ0n) is 63.6. The SMILES string of the molecule is CC1(C)c2ccccc2-c2cc(N(c3ccc(-c4ccc(CC5(C)c6ccccc6-c6cc(N(c7ccc8c(c7)C7(c9ccccc9-c9ccccc97)c7ccccc7-8)c7ccc8ccc9ccccc9c8c7)ccc65)cc4-c4ccccc4)cc3)c3ccc4c(c3)C3(c5ccccc5-c5ccccc53)c3ccccc3-4)ccc21. The Bertz CT molecular complexity index is 7030. The van der Waals surface area contributed by atoms with Gasteiger partial charge in [-0.1, -0.05) is 342 Å². The second-order valence-electron chi connectivity index (χ2n) is 33.1. The predicted molar refractivity (Wildman–Crippen MR) is 474 cm³/mol. The Hall–Kier alpha value is -13.9. The minimum atomic E-state index is -0.499. The van der Waals surface area contributed by atoms with Crippen LogP contribution in [0.5, 0.6) is 0 Å². The molecule has 2 nitrogen and oxygen atoms in total. The number of rotatable bonds is 10. The van der Waals surface area contributed by atoms with Crippen molar-refractivity contribution in [2.24, 2.45) is 0 Å². The van der Waals surface area contributed by atoms with Crippen molar-refractivity contribution in [3.8, 4) is 89.0 Å². The summed E-state index contributed by atoms with van der Waals surface area (Å²) in [6.45, 7) is 7.24. The molecule has 6 aliphatic carbocycles. The van der Waals surface area contributed by atoms with Crippen molar-refractivity contribution in [3.63, 3.8) is 0 Å². The van der Waals surface area contributed by atoms with Gasteiger partial charge in [-0.25, -0.2) is 0 Å². The van der Waals surface area contributed by atoms with Crippen molar-refractivity contribution < 1.29 is 0 Å². The molecule has 2 spiro atoms. The van der Waals surface area contributed by atoms with Crippen molar-refractivity contribution in [3.05, 3.63) is 467 Å².